The number of benzene rings is 2. The van der Waals surface area contributed by atoms with Gasteiger partial charge in [-0.15, -0.1) is 11.3 Å². The second kappa shape index (κ2) is 7.89. The molecule has 0 atom stereocenters. The van der Waals surface area contributed by atoms with Crippen LogP contribution >= 0.6 is 11.3 Å². The van der Waals surface area contributed by atoms with E-state index in [-0.39, 0.29) is 24.1 Å². The van der Waals surface area contributed by atoms with Crippen LogP contribution in [-0.4, -0.2) is 15.1 Å². The van der Waals surface area contributed by atoms with E-state index in [4.69, 9.17) is 4.74 Å². The molecule has 0 fully saturated rings. The quantitative estimate of drug-likeness (QED) is 0.478. The van der Waals surface area contributed by atoms with Gasteiger partial charge in [0.05, 0.1) is 17.5 Å². The summed E-state index contributed by atoms with van der Waals surface area (Å²) in [5, 5.41) is 1.79. The number of rotatable bonds is 5. The van der Waals surface area contributed by atoms with Gasteiger partial charge in [0.25, 0.3) is 5.56 Å². The molecule has 0 aliphatic rings. The van der Waals surface area contributed by atoms with E-state index >= 15 is 0 Å². The van der Waals surface area contributed by atoms with E-state index < -0.39 is 17.2 Å². The van der Waals surface area contributed by atoms with Crippen LogP contribution in [0, 0.1) is 0 Å². The van der Waals surface area contributed by atoms with Gasteiger partial charge >= 0.3 is 11.7 Å². The summed E-state index contributed by atoms with van der Waals surface area (Å²) in [5.74, 6) is -0.581. The summed E-state index contributed by atoms with van der Waals surface area (Å²) in [5.41, 5.74) is 0.962. The van der Waals surface area contributed by atoms with Crippen LogP contribution in [0.3, 0.4) is 0 Å². The minimum Gasteiger partial charge on any atom is -0.457 e. The fraction of sp³-hybridized carbons (Fsp3) is 0.136. The van der Waals surface area contributed by atoms with Gasteiger partial charge in [-0.3, -0.25) is 13.9 Å². The zero-order chi connectivity index (χ0) is 20.4. The van der Waals surface area contributed by atoms with Gasteiger partial charge in [0.2, 0.25) is 0 Å². The van der Waals surface area contributed by atoms with Crippen molar-refractivity contribution in [3.63, 3.8) is 0 Å². The van der Waals surface area contributed by atoms with Gasteiger partial charge in [-0.2, -0.15) is 0 Å². The summed E-state index contributed by atoms with van der Waals surface area (Å²) in [7, 11) is 1.60. The molecule has 0 spiro atoms. The molecule has 146 valence electrons. The molecule has 7 heteroatoms. The average Bonchev–Trinajstić information content (AvgIpc) is 3.20. The van der Waals surface area contributed by atoms with E-state index in [1.165, 1.54) is 15.9 Å². The SMILES string of the molecule is Cn1c(=O)n(Cc2ccccc2)c(=O)c2c(C(=O)OCc3ccccc3)csc21. The Balaban J connectivity index is 1.73. The first-order chi connectivity index (χ1) is 14.1. The van der Waals surface area contributed by atoms with Crippen molar-refractivity contribution >= 4 is 27.5 Å². The Kier molecular flexibility index (Phi) is 5.14. The number of ether oxygens (including phenoxy) is 1. The topological polar surface area (TPSA) is 70.3 Å². The number of hydrogen-bond donors (Lipinski definition) is 0. The maximum atomic E-state index is 13.1. The Bertz CT molecular complexity index is 1290. The fourth-order valence-corrected chi connectivity index (χ4v) is 4.14. The summed E-state index contributed by atoms with van der Waals surface area (Å²) in [6, 6.07) is 18.6. The van der Waals surface area contributed by atoms with Gasteiger partial charge in [-0.05, 0) is 11.1 Å². The molecular weight excluding hydrogens is 388 g/mol. The van der Waals surface area contributed by atoms with Crippen LogP contribution in [0.25, 0.3) is 10.2 Å². The molecule has 0 aliphatic heterocycles. The summed E-state index contributed by atoms with van der Waals surface area (Å²) in [4.78, 5) is 38.9. The lowest BCUT2D eigenvalue weighted by molar-refractivity contribution is 0.0475. The molecule has 2 aromatic heterocycles. The van der Waals surface area contributed by atoms with E-state index in [1.54, 1.807) is 12.4 Å². The standard InChI is InChI=1S/C22H18N2O4S/c1-23-20-18(19(25)24(22(23)27)12-15-8-4-2-5-9-15)17(14-29-20)21(26)28-13-16-10-6-3-7-11-16/h2-11,14H,12-13H2,1H3. The Hall–Kier alpha value is -3.45. The van der Waals surface area contributed by atoms with Gasteiger partial charge in [0.15, 0.2) is 0 Å². The second-order valence-corrected chi connectivity index (χ2v) is 7.47. The highest BCUT2D eigenvalue weighted by Crippen LogP contribution is 2.23. The molecule has 29 heavy (non-hydrogen) atoms. The van der Waals surface area contributed by atoms with Crippen molar-refractivity contribution in [2.75, 3.05) is 0 Å². The van der Waals surface area contributed by atoms with E-state index in [2.05, 4.69) is 0 Å². The summed E-state index contributed by atoms with van der Waals surface area (Å²) < 4.78 is 7.95. The Morgan fingerprint density at radius 2 is 1.59 bits per heavy atom. The minimum atomic E-state index is -0.581. The molecule has 0 aliphatic carbocycles. The number of nitrogens with zero attached hydrogens (tertiary/aromatic N) is 2. The van der Waals surface area contributed by atoms with Crippen molar-refractivity contribution in [3.8, 4) is 0 Å². The van der Waals surface area contributed by atoms with E-state index in [0.717, 1.165) is 15.7 Å². The van der Waals surface area contributed by atoms with E-state index in [1.807, 2.05) is 60.7 Å². The van der Waals surface area contributed by atoms with Gasteiger partial charge in [0, 0.05) is 12.4 Å². The zero-order valence-electron chi connectivity index (χ0n) is 15.7. The van der Waals surface area contributed by atoms with Crippen LogP contribution in [0.2, 0.25) is 0 Å². The first-order valence-corrected chi connectivity index (χ1v) is 9.90. The molecule has 0 radical (unpaired) electrons. The molecule has 2 aromatic carbocycles. The molecule has 0 bridgehead atoms. The van der Waals surface area contributed by atoms with E-state index in [9.17, 15) is 14.4 Å². The van der Waals surface area contributed by atoms with Crippen LogP contribution in [0.1, 0.15) is 21.5 Å². The van der Waals surface area contributed by atoms with Crippen LogP contribution < -0.4 is 11.2 Å². The van der Waals surface area contributed by atoms with Crippen LogP contribution in [0.4, 0.5) is 0 Å². The minimum absolute atomic E-state index is 0.112. The van der Waals surface area contributed by atoms with E-state index in [0.29, 0.717) is 4.83 Å². The molecule has 0 saturated carbocycles. The molecule has 0 saturated heterocycles. The van der Waals surface area contributed by atoms with Crippen LogP contribution in [-0.2, 0) is 24.9 Å². The van der Waals surface area contributed by atoms with Crippen molar-refractivity contribution in [1.29, 1.82) is 0 Å². The molecule has 2 heterocycles. The lowest BCUT2D eigenvalue weighted by Gasteiger charge is -2.09. The summed E-state index contributed by atoms with van der Waals surface area (Å²) in [6.45, 7) is 0.248. The van der Waals surface area contributed by atoms with Gasteiger partial charge in [-0.25, -0.2) is 9.59 Å². The highest BCUT2D eigenvalue weighted by Gasteiger charge is 2.21. The molecule has 6 nitrogen and oxygen atoms in total. The van der Waals surface area contributed by atoms with Crippen molar-refractivity contribution in [2.24, 2.45) is 7.05 Å². The molecule has 0 N–H and O–H groups in total. The first kappa shape index (κ1) is 18.9. The maximum Gasteiger partial charge on any atom is 0.340 e. The third-order valence-corrected chi connectivity index (χ3v) is 5.72. The number of thiophene rings is 1. The maximum absolute atomic E-state index is 13.1. The molecule has 0 unspecified atom stereocenters. The lowest BCUT2D eigenvalue weighted by Crippen LogP contribution is -2.39. The fourth-order valence-electron chi connectivity index (χ4n) is 3.15. The van der Waals surface area contributed by atoms with Crippen molar-refractivity contribution in [3.05, 3.63) is 104 Å². The van der Waals surface area contributed by atoms with Crippen LogP contribution in [0.5, 0.6) is 0 Å². The number of aromatic nitrogens is 2. The molecule has 4 rings (SSSR count). The summed E-state index contributed by atoms with van der Waals surface area (Å²) >= 11 is 1.18. The average molecular weight is 406 g/mol. The van der Waals surface area contributed by atoms with Gasteiger partial charge in [-0.1, -0.05) is 60.7 Å². The number of hydrogen-bond acceptors (Lipinski definition) is 5. The largest absolute Gasteiger partial charge is 0.457 e. The number of aryl methyl sites for hydroxylation is 1. The predicted molar refractivity (Wildman–Crippen MR) is 112 cm³/mol. The van der Waals surface area contributed by atoms with Crippen molar-refractivity contribution in [2.45, 2.75) is 13.2 Å². The highest BCUT2D eigenvalue weighted by atomic mass is 32.1. The number of carbonyl (C=O) groups is 1. The Morgan fingerprint density at radius 1 is 0.966 bits per heavy atom. The lowest BCUT2D eigenvalue weighted by atomic mass is 10.2. The smallest absolute Gasteiger partial charge is 0.340 e. The number of carbonyl (C=O) groups excluding carboxylic acids is 1. The third kappa shape index (κ3) is 3.64. The zero-order valence-corrected chi connectivity index (χ0v) is 16.5. The second-order valence-electron chi connectivity index (χ2n) is 6.61. The number of esters is 1. The predicted octanol–water partition coefficient (Wildman–Crippen LogP) is 3.17. The normalized spacial score (nSPS) is 10.9. The van der Waals surface area contributed by atoms with Crippen molar-refractivity contribution < 1.29 is 9.53 Å². The van der Waals surface area contributed by atoms with Crippen molar-refractivity contribution in [1.82, 2.24) is 9.13 Å². The van der Waals surface area contributed by atoms with Gasteiger partial charge < -0.3 is 4.74 Å². The first-order valence-electron chi connectivity index (χ1n) is 9.02. The molecule has 0 amide bonds. The third-order valence-electron chi connectivity index (χ3n) is 4.67. The Morgan fingerprint density at radius 3 is 2.24 bits per heavy atom. The monoisotopic (exact) mass is 406 g/mol. The Labute approximate surface area is 170 Å². The van der Waals surface area contributed by atoms with Gasteiger partial charge in [0.1, 0.15) is 11.4 Å². The summed E-state index contributed by atoms with van der Waals surface area (Å²) in [6.07, 6.45) is 0. The number of fused-ring (bicyclic) bond motifs is 1. The van der Waals surface area contributed by atoms with Crippen LogP contribution in [0.15, 0.2) is 75.6 Å². The molecular formula is C22H18N2O4S. The molecule has 4 aromatic rings. The highest BCUT2D eigenvalue weighted by molar-refractivity contribution is 7.17.